The Hall–Kier alpha value is -1.56. The highest BCUT2D eigenvalue weighted by Crippen LogP contribution is 2.38. The first kappa shape index (κ1) is 18.2. The predicted molar refractivity (Wildman–Crippen MR) is 88.3 cm³/mol. The maximum atomic E-state index is 13.0. The van der Waals surface area contributed by atoms with Crippen LogP contribution in [-0.4, -0.2) is 42.3 Å². The van der Waals surface area contributed by atoms with Crippen LogP contribution in [0.5, 0.6) is 0 Å². The summed E-state index contributed by atoms with van der Waals surface area (Å²) < 4.78 is 44.7. The van der Waals surface area contributed by atoms with E-state index in [2.05, 4.69) is 11.9 Å². The largest absolute Gasteiger partial charge is 0.462 e. The molecule has 2 saturated heterocycles. The van der Waals surface area contributed by atoms with E-state index in [0.29, 0.717) is 36.1 Å². The average molecular weight is 355 g/mol. The molecule has 1 aromatic carbocycles. The average Bonchev–Trinajstić information content (AvgIpc) is 2.74. The van der Waals surface area contributed by atoms with E-state index < -0.39 is 24.5 Å². The number of piperidine rings is 1. The van der Waals surface area contributed by atoms with E-state index in [1.54, 1.807) is 31.2 Å². The number of carbonyl (C=O) groups is 1. The van der Waals surface area contributed by atoms with Crippen molar-refractivity contribution in [3.05, 3.63) is 35.4 Å². The van der Waals surface area contributed by atoms with Crippen molar-refractivity contribution in [2.75, 3.05) is 7.05 Å². The number of halogens is 3. The summed E-state index contributed by atoms with van der Waals surface area (Å²) in [5.74, 6) is -2.04. The lowest BCUT2D eigenvalue weighted by Gasteiger charge is -2.36. The van der Waals surface area contributed by atoms with Crippen LogP contribution in [0.1, 0.15) is 49.1 Å². The third kappa shape index (κ3) is 4.17. The predicted octanol–water partition coefficient (Wildman–Crippen LogP) is 4.20. The summed E-state index contributed by atoms with van der Waals surface area (Å²) >= 11 is 0. The second kappa shape index (κ2) is 6.98. The van der Waals surface area contributed by atoms with Crippen LogP contribution >= 0.6 is 0 Å². The van der Waals surface area contributed by atoms with Crippen molar-refractivity contribution < 1.29 is 22.7 Å². The summed E-state index contributed by atoms with van der Waals surface area (Å²) in [5.41, 5.74) is 1.08. The zero-order valence-electron chi connectivity index (χ0n) is 14.6. The fraction of sp³-hybridized carbons (Fsp3) is 0.632. The van der Waals surface area contributed by atoms with Crippen LogP contribution < -0.4 is 0 Å². The molecule has 3 rings (SSSR count). The molecular formula is C19H24F3NO2. The molecule has 2 bridgehead atoms. The molecule has 3 nitrogen and oxygen atoms in total. The molecule has 2 aliphatic heterocycles. The van der Waals surface area contributed by atoms with Crippen molar-refractivity contribution in [3.63, 3.8) is 0 Å². The fourth-order valence-corrected chi connectivity index (χ4v) is 4.23. The number of alkyl halides is 3. The number of rotatable bonds is 4. The van der Waals surface area contributed by atoms with Gasteiger partial charge in [0, 0.05) is 12.1 Å². The molecule has 0 saturated carbocycles. The third-order valence-electron chi connectivity index (χ3n) is 5.62. The quantitative estimate of drug-likeness (QED) is 0.758. The standard InChI is InChI=1S/C19H24F3NO2/c1-12-5-3-4-6-16(12)17(11-19(20,21)22)18(24)25-15-9-13-7-8-14(10-15)23(13)2/h3-6,13-15,17H,7-11H2,1-2H3/t13?,14?,15?,17-/m0/s1. The first-order valence-corrected chi connectivity index (χ1v) is 8.79. The van der Waals surface area contributed by atoms with Gasteiger partial charge in [0.2, 0.25) is 0 Å². The van der Waals surface area contributed by atoms with Gasteiger partial charge < -0.3 is 9.64 Å². The van der Waals surface area contributed by atoms with E-state index in [-0.39, 0.29) is 6.10 Å². The number of fused-ring (bicyclic) bond motifs is 2. The zero-order chi connectivity index (χ0) is 18.2. The number of aryl methyl sites for hydroxylation is 1. The number of hydrogen-bond donors (Lipinski definition) is 0. The van der Waals surface area contributed by atoms with E-state index in [1.165, 1.54) is 0 Å². The smallest absolute Gasteiger partial charge is 0.390 e. The molecule has 0 N–H and O–H groups in total. The van der Waals surface area contributed by atoms with Crippen molar-refractivity contribution in [1.29, 1.82) is 0 Å². The minimum absolute atomic E-state index is 0.277. The number of nitrogens with zero attached hydrogens (tertiary/aromatic N) is 1. The van der Waals surface area contributed by atoms with E-state index >= 15 is 0 Å². The molecule has 2 heterocycles. The molecule has 0 aliphatic carbocycles. The lowest BCUT2D eigenvalue weighted by atomic mass is 9.91. The van der Waals surface area contributed by atoms with Crippen LogP contribution in [0.2, 0.25) is 0 Å². The van der Waals surface area contributed by atoms with E-state index in [1.807, 2.05) is 0 Å². The van der Waals surface area contributed by atoms with Gasteiger partial charge in [-0.2, -0.15) is 13.2 Å². The molecule has 138 valence electrons. The molecule has 0 aromatic heterocycles. The van der Waals surface area contributed by atoms with Crippen molar-refractivity contribution in [2.45, 2.75) is 69.3 Å². The molecule has 6 heteroatoms. The molecule has 1 aromatic rings. The molecule has 2 fully saturated rings. The van der Waals surface area contributed by atoms with E-state index in [9.17, 15) is 18.0 Å². The Labute approximate surface area is 146 Å². The summed E-state index contributed by atoms with van der Waals surface area (Å²) in [5, 5.41) is 0. The van der Waals surface area contributed by atoms with Gasteiger partial charge in [-0.3, -0.25) is 4.79 Å². The summed E-state index contributed by atoms with van der Waals surface area (Å²) in [4.78, 5) is 14.9. The van der Waals surface area contributed by atoms with Crippen LogP contribution in [0.3, 0.4) is 0 Å². The van der Waals surface area contributed by atoms with Crippen molar-refractivity contribution in [2.24, 2.45) is 0 Å². The fourth-order valence-electron chi connectivity index (χ4n) is 4.23. The molecule has 0 amide bonds. The minimum Gasteiger partial charge on any atom is -0.462 e. The maximum absolute atomic E-state index is 13.0. The summed E-state index contributed by atoms with van der Waals surface area (Å²) in [6, 6.07) is 7.47. The van der Waals surface area contributed by atoms with Gasteiger partial charge in [-0.15, -0.1) is 0 Å². The number of benzene rings is 1. The molecule has 0 radical (unpaired) electrons. The first-order valence-electron chi connectivity index (χ1n) is 8.79. The van der Waals surface area contributed by atoms with Gasteiger partial charge in [0.1, 0.15) is 6.10 Å². The van der Waals surface area contributed by atoms with Crippen molar-refractivity contribution >= 4 is 5.97 Å². The maximum Gasteiger partial charge on any atom is 0.390 e. The van der Waals surface area contributed by atoms with Crippen LogP contribution in [0.4, 0.5) is 13.2 Å². The second-order valence-corrected chi connectivity index (χ2v) is 7.31. The Morgan fingerprint density at radius 2 is 1.84 bits per heavy atom. The zero-order valence-corrected chi connectivity index (χ0v) is 14.6. The Kier molecular flexibility index (Phi) is 5.09. The lowest BCUT2D eigenvalue weighted by molar-refractivity contribution is -0.167. The highest BCUT2D eigenvalue weighted by Gasteiger charge is 2.42. The SMILES string of the molecule is Cc1ccccc1[C@H](CC(F)(F)F)C(=O)OC1CC2CCC(C1)N2C. The van der Waals surface area contributed by atoms with Crippen LogP contribution in [0.25, 0.3) is 0 Å². The number of ether oxygens (including phenoxy) is 1. The number of hydrogen-bond acceptors (Lipinski definition) is 3. The molecule has 2 unspecified atom stereocenters. The number of esters is 1. The van der Waals surface area contributed by atoms with Crippen molar-refractivity contribution in [3.8, 4) is 0 Å². The van der Waals surface area contributed by atoms with Crippen LogP contribution in [0.15, 0.2) is 24.3 Å². The highest BCUT2D eigenvalue weighted by atomic mass is 19.4. The Morgan fingerprint density at radius 3 is 2.40 bits per heavy atom. The highest BCUT2D eigenvalue weighted by molar-refractivity contribution is 5.79. The van der Waals surface area contributed by atoms with Gasteiger partial charge in [0.05, 0.1) is 12.3 Å². The lowest BCUT2D eigenvalue weighted by Crippen LogP contribution is -2.44. The minimum atomic E-state index is -4.42. The van der Waals surface area contributed by atoms with Gasteiger partial charge in [0.25, 0.3) is 0 Å². The van der Waals surface area contributed by atoms with Crippen molar-refractivity contribution in [1.82, 2.24) is 4.90 Å². The molecular weight excluding hydrogens is 331 g/mol. The molecule has 2 aliphatic rings. The summed E-state index contributed by atoms with van der Waals surface area (Å²) in [6.07, 6.45) is -2.32. The second-order valence-electron chi connectivity index (χ2n) is 7.31. The van der Waals surface area contributed by atoms with E-state index in [4.69, 9.17) is 4.74 Å². The molecule has 0 spiro atoms. The summed E-state index contributed by atoms with van der Waals surface area (Å²) in [7, 11) is 2.07. The molecule has 3 atom stereocenters. The third-order valence-corrected chi connectivity index (χ3v) is 5.62. The van der Waals surface area contributed by atoms with Gasteiger partial charge in [-0.1, -0.05) is 24.3 Å². The van der Waals surface area contributed by atoms with Gasteiger partial charge in [-0.25, -0.2) is 0 Å². The van der Waals surface area contributed by atoms with Gasteiger partial charge in [-0.05, 0) is 50.8 Å². The van der Waals surface area contributed by atoms with E-state index in [0.717, 1.165) is 12.8 Å². The first-order chi connectivity index (χ1) is 11.7. The number of carbonyl (C=O) groups excluding carboxylic acids is 1. The summed E-state index contributed by atoms with van der Waals surface area (Å²) in [6.45, 7) is 1.72. The van der Waals surface area contributed by atoms with Crippen LogP contribution in [0, 0.1) is 6.92 Å². The normalized spacial score (nSPS) is 28.0. The monoisotopic (exact) mass is 355 g/mol. The Balaban J connectivity index is 1.75. The topological polar surface area (TPSA) is 29.5 Å². The van der Waals surface area contributed by atoms with Crippen LogP contribution in [-0.2, 0) is 9.53 Å². The Bertz CT molecular complexity index is 617. The van der Waals surface area contributed by atoms with Gasteiger partial charge in [0.15, 0.2) is 0 Å². The van der Waals surface area contributed by atoms with Gasteiger partial charge >= 0.3 is 12.1 Å². The Morgan fingerprint density at radius 1 is 1.24 bits per heavy atom. The molecule has 25 heavy (non-hydrogen) atoms.